The van der Waals surface area contributed by atoms with Gasteiger partial charge in [-0.15, -0.1) is 11.8 Å². The summed E-state index contributed by atoms with van der Waals surface area (Å²) >= 11 is 1.52. The van der Waals surface area contributed by atoms with Crippen LogP contribution in [0, 0.1) is 0 Å². The number of morpholine rings is 1. The number of nitrogens with zero attached hydrogens (tertiary/aromatic N) is 1. The Labute approximate surface area is 151 Å². The summed E-state index contributed by atoms with van der Waals surface area (Å²) in [5.41, 5.74) is 1.63. The number of para-hydroxylation sites is 1. The molecule has 1 saturated heterocycles. The molecule has 1 aliphatic heterocycles. The van der Waals surface area contributed by atoms with E-state index < -0.39 is 0 Å². The Kier molecular flexibility index (Phi) is 5.73. The third-order valence-corrected chi connectivity index (χ3v) is 4.85. The van der Waals surface area contributed by atoms with Gasteiger partial charge >= 0.3 is 0 Å². The van der Waals surface area contributed by atoms with Gasteiger partial charge in [0.1, 0.15) is 0 Å². The monoisotopic (exact) mass is 356 g/mol. The average molecular weight is 356 g/mol. The van der Waals surface area contributed by atoms with Gasteiger partial charge in [0.15, 0.2) is 0 Å². The van der Waals surface area contributed by atoms with Crippen LogP contribution in [0.3, 0.4) is 0 Å². The highest BCUT2D eigenvalue weighted by Crippen LogP contribution is 2.23. The van der Waals surface area contributed by atoms with Crippen molar-refractivity contribution in [2.75, 3.05) is 37.9 Å². The molecule has 2 aromatic rings. The number of nitrogens with one attached hydrogen (secondary N) is 1. The number of thioether (sulfide) groups is 1. The molecule has 0 aromatic heterocycles. The molecule has 5 nitrogen and oxygen atoms in total. The van der Waals surface area contributed by atoms with Crippen LogP contribution in [-0.4, -0.2) is 49.3 Å². The molecule has 0 saturated carbocycles. The predicted molar refractivity (Wildman–Crippen MR) is 99.3 cm³/mol. The van der Waals surface area contributed by atoms with E-state index in [9.17, 15) is 9.59 Å². The lowest BCUT2D eigenvalue weighted by molar-refractivity contribution is 0.0303. The highest BCUT2D eigenvalue weighted by Gasteiger charge is 2.22. The molecule has 130 valence electrons. The van der Waals surface area contributed by atoms with E-state index in [0.29, 0.717) is 43.1 Å². The molecule has 0 unspecified atom stereocenters. The highest BCUT2D eigenvalue weighted by molar-refractivity contribution is 7.98. The van der Waals surface area contributed by atoms with Crippen LogP contribution >= 0.6 is 11.8 Å². The molecule has 25 heavy (non-hydrogen) atoms. The number of carbonyl (C=O) groups excluding carboxylic acids is 2. The predicted octanol–water partition coefficient (Wildman–Crippen LogP) is 3.13. The van der Waals surface area contributed by atoms with Crippen molar-refractivity contribution in [3.63, 3.8) is 0 Å². The molecule has 0 spiro atoms. The van der Waals surface area contributed by atoms with E-state index in [1.165, 1.54) is 11.8 Å². The third-order valence-electron chi connectivity index (χ3n) is 4.06. The molecule has 1 fully saturated rings. The van der Waals surface area contributed by atoms with Crippen molar-refractivity contribution in [3.8, 4) is 0 Å². The van der Waals surface area contributed by atoms with Gasteiger partial charge in [0.25, 0.3) is 11.8 Å². The highest BCUT2D eigenvalue weighted by atomic mass is 32.2. The van der Waals surface area contributed by atoms with Gasteiger partial charge in [0.05, 0.1) is 30.0 Å². The lowest BCUT2D eigenvalue weighted by atomic mass is 10.1. The number of ether oxygens (including phenoxy) is 1. The SMILES string of the molecule is CSc1ccccc1C(=O)Nc1ccccc1C(=O)N1CCOCC1. The van der Waals surface area contributed by atoms with Gasteiger partial charge in [-0.1, -0.05) is 24.3 Å². The first kappa shape index (κ1) is 17.5. The van der Waals surface area contributed by atoms with Gasteiger partial charge in [0.2, 0.25) is 0 Å². The maximum absolute atomic E-state index is 12.8. The van der Waals surface area contributed by atoms with E-state index in [-0.39, 0.29) is 11.8 Å². The summed E-state index contributed by atoms with van der Waals surface area (Å²) in [5, 5.41) is 2.89. The van der Waals surface area contributed by atoms with Crippen molar-refractivity contribution in [1.29, 1.82) is 0 Å². The Balaban J connectivity index is 1.83. The van der Waals surface area contributed by atoms with Crippen molar-refractivity contribution in [2.24, 2.45) is 0 Å². The van der Waals surface area contributed by atoms with Crippen LogP contribution in [0.15, 0.2) is 53.4 Å². The minimum absolute atomic E-state index is 0.0858. The van der Waals surface area contributed by atoms with Crippen molar-refractivity contribution < 1.29 is 14.3 Å². The fourth-order valence-electron chi connectivity index (χ4n) is 2.74. The van der Waals surface area contributed by atoms with Gasteiger partial charge in [-0.05, 0) is 30.5 Å². The van der Waals surface area contributed by atoms with Crippen LogP contribution in [0.25, 0.3) is 0 Å². The fourth-order valence-corrected chi connectivity index (χ4v) is 3.33. The van der Waals surface area contributed by atoms with Crippen LogP contribution < -0.4 is 5.32 Å². The molecule has 0 aliphatic carbocycles. The van der Waals surface area contributed by atoms with Crippen LogP contribution in [0.1, 0.15) is 20.7 Å². The number of hydrogen-bond acceptors (Lipinski definition) is 4. The van der Waals surface area contributed by atoms with Crippen molar-refractivity contribution in [1.82, 2.24) is 4.90 Å². The molecular formula is C19H20N2O3S. The zero-order valence-electron chi connectivity index (χ0n) is 14.0. The standard InChI is InChI=1S/C19H20N2O3S/c1-25-17-9-5-3-7-15(17)18(22)20-16-8-4-2-6-14(16)19(23)21-10-12-24-13-11-21/h2-9H,10-13H2,1H3,(H,20,22). The maximum atomic E-state index is 12.8. The van der Waals surface area contributed by atoms with E-state index in [1.807, 2.05) is 30.5 Å². The molecule has 1 aliphatic rings. The summed E-state index contributed by atoms with van der Waals surface area (Å²) in [6, 6.07) is 14.5. The number of rotatable bonds is 4. The lowest BCUT2D eigenvalue weighted by Crippen LogP contribution is -2.41. The molecule has 2 aromatic carbocycles. The molecular weight excluding hydrogens is 336 g/mol. The van der Waals surface area contributed by atoms with Crippen molar-refractivity contribution in [3.05, 3.63) is 59.7 Å². The Morgan fingerprint density at radius 2 is 1.64 bits per heavy atom. The van der Waals surface area contributed by atoms with Crippen molar-refractivity contribution >= 4 is 29.3 Å². The normalized spacial score (nSPS) is 14.2. The first-order valence-corrected chi connectivity index (χ1v) is 9.33. The summed E-state index contributed by atoms with van der Waals surface area (Å²) < 4.78 is 5.30. The molecule has 0 radical (unpaired) electrons. The Morgan fingerprint density at radius 3 is 2.36 bits per heavy atom. The average Bonchev–Trinajstić information content (AvgIpc) is 2.68. The molecule has 0 atom stereocenters. The minimum atomic E-state index is -0.216. The van der Waals surface area contributed by atoms with E-state index in [2.05, 4.69) is 5.32 Å². The first-order chi connectivity index (χ1) is 12.2. The summed E-state index contributed by atoms with van der Waals surface area (Å²) in [5.74, 6) is -0.301. The fraction of sp³-hybridized carbons (Fsp3) is 0.263. The van der Waals surface area contributed by atoms with E-state index in [4.69, 9.17) is 4.74 Å². The smallest absolute Gasteiger partial charge is 0.256 e. The van der Waals surface area contributed by atoms with E-state index in [0.717, 1.165) is 4.90 Å². The molecule has 1 N–H and O–H groups in total. The number of benzene rings is 2. The van der Waals surface area contributed by atoms with Gasteiger partial charge < -0.3 is 15.0 Å². The molecule has 6 heteroatoms. The van der Waals surface area contributed by atoms with Gasteiger partial charge in [-0.25, -0.2) is 0 Å². The quantitative estimate of drug-likeness (QED) is 0.855. The van der Waals surface area contributed by atoms with E-state index in [1.54, 1.807) is 29.2 Å². The summed E-state index contributed by atoms with van der Waals surface area (Å²) in [6.07, 6.45) is 1.93. The molecule has 1 heterocycles. The van der Waals surface area contributed by atoms with Gasteiger partial charge in [0, 0.05) is 18.0 Å². The minimum Gasteiger partial charge on any atom is -0.378 e. The van der Waals surface area contributed by atoms with Crippen molar-refractivity contribution in [2.45, 2.75) is 4.90 Å². The number of anilines is 1. The number of amides is 2. The second-order valence-electron chi connectivity index (χ2n) is 5.60. The first-order valence-electron chi connectivity index (χ1n) is 8.11. The Morgan fingerprint density at radius 1 is 1.00 bits per heavy atom. The maximum Gasteiger partial charge on any atom is 0.256 e. The lowest BCUT2D eigenvalue weighted by Gasteiger charge is -2.27. The number of carbonyl (C=O) groups is 2. The molecule has 3 rings (SSSR count). The second-order valence-corrected chi connectivity index (χ2v) is 6.45. The van der Waals surface area contributed by atoms with Crippen LogP contribution in [0.5, 0.6) is 0 Å². The summed E-state index contributed by atoms with van der Waals surface area (Å²) in [6.45, 7) is 2.22. The topological polar surface area (TPSA) is 58.6 Å². The van der Waals surface area contributed by atoms with E-state index >= 15 is 0 Å². The summed E-state index contributed by atoms with van der Waals surface area (Å²) in [7, 11) is 0. The third kappa shape index (κ3) is 4.03. The Bertz CT molecular complexity index is 773. The second kappa shape index (κ2) is 8.18. The Hall–Kier alpha value is -2.31. The van der Waals surface area contributed by atoms with Crippen LogP contribution in [-0.2, 0) is 4.74 Å². The van der Waals surface area contributed by atoms with Gasteiger partial charge in [-0.2, -0.15) is 0 Å². The summed E-state index contributed by atoms with van der Waals surface area (Å²) in [4.78, 5) is 28.1. The van der Waals surface area contributed by atoms with Crippen LogP contribution in [0.2, 0.25) is 0 Å². The van der Waals surface area contributed by atoms with Crippen LogP contribution in [0.4, 0.5) is 5.69 Å². The molecule has 2 amide bonds. The molecule has 0 bridgehead atoms. The van der Waals surface area contributed by atoms with Gasteiger partial charge in [-0.3, -0.25) is 9.59 Å². The largest absolute Gasteiger partial charge is 0.378 e. The zero-order chi connectivity index (χ0) is 17.6. The zero-order valence-corrected chi connectivity index (χ0v) is 14.8. The number of hydrogen-bond donors (Lipinski definition) is 1.